The molecular formula is C23H23Cl2N5O2. The maximum absolute atomic E-state index is 6.45. The first-order chi connectivity index (χ1) is 15.5. The van der Waals surface area contributed by atoms with Crippen LogP contribution in [-0.4, -0.2) is 38.2 Å². The minimum absolute atomic E-state index is 0.347. The number of halogens is 2. The fraction of sp³-hybridized carbons (Fsp3) is 0.348. The zero-order valence-electron chi connectivity index (χ0n) is 17.8. The SMILES string of the molecule is Cc1ncc(Cl)c(C(C)Oc2ccc3[nH]nc(-c4cnn(C5CCOCC5)c4)c3c2)c1Cl. The van der Waals surface area contributed by atoms with Crippen LogP contribution in [0.25, 0.3) is 22.2 Å². The summed E-state index contributed by atoms with van der Waals surface area (Å²) in [5.41, 5.74) is 4.17. The van der Waals surface area contributed by atoms with Gasteiger partial charge in [-0.2, -0.15) is 10.2 Å². The molecule has 0 saturated carbocycles. The van der Waals surface area contributed by atoms with Crippen LogP contribution in [0.2, 0.25) is 10.0 Å². The van der Waals surface area contributed by atoms with Gasteiger partial charge in [0.1, 0.15) is 17.5 Å². The first-order valence-electron chi connectivity index (χ1n) is 10.6. The number of H-pyrrole nitrogens is 1. The van der Waals surface area contributed by atoms with Crippen LogP contribution in [0.3, 0.4) is 0 Å². The van der Waals surface area contributed by atoms with Crippen LogP contribution in [-0.2, 0) is 4.74 Å². The Labute approximate surface area is 195 Å². The van der Waals surface area contributed by atoms with Crippen molar-refractivity contribution in [1.29, 1.82) is 0 Å². The molecule has 0 spiro atoms. The molecule has 1 N–H and O–H groups in total. The zero-order valence-corrected chi connectivity index (χ0v) is 19.3. The van der Waals surface area contributed by atoms with E-state index >= 15 is 0 Å². The van der Waals surface area contributed by atoms with Crippen molar-refractivity contribution >= 4 is 34.1 Å². The van der Waals surface area contributed by atoms with Crippen molar-refractivity contribution in [3.8, 4) is 17.0 Å². The van der Waals surface area contributed by atoms with Crippen molar-refractivity contribution in [3.63, 3.8) is 0 Å². The number of fused-ring (bicyclic) bond motifs is 1. The molecule has 1 fully saturated rings. The fourth-order valence-electron chi connectivity index (χ4n) is 4.11. The minimum Gasteiger partial charge on any atom is -0.486 e. The molecular weight excluding hydrogens is 449 g/mol. The topological polar surface area (TPSA) is 77.9 Å². The smallest absolute Gasteiger partial charge is 0.124 e. The molecule has 0 radical (unpaired) electrons. The molecule has 5 rings (SSSR count). The lowest BCUT2D eigenvalue weighted by molar-refractivity contribution is 0.0662. The number of pyridine rings is 1. The van der Waals surface area contributed by atoms with E-state index in [1.54, 1.807) is 6.20 Å². The lowest BCUT2D eigenvalue weighted by Gasteiger charge is -2.22. The summed E-state index contributed by atoms with van der Waals surface area (Å²) in [5.74, 6) is 0.700. The Morgan fingerprint density at radius 2 is 2.03 bits per heavy atom. The van der Waals surface area contributed by atoms with Gasteiger partial charge in [0.15, 0.2) is 0 Å². The van der Waals surface area contributed by atoms with Crippen LogP contribution in [0.1, 0.15) is 43.2 Å². The Morgan fingerprint density at radius 3 is 2.84 bits per heavy atom. The molecule has 0 bridgehead atoms. The lowest BCUT2D eigenvalue weighted by atomic mass is 10.1. The zero-order chi connectivity index (χ0) is 22.2. The van der Waals surface area contributed by atoms with Crippen LogP contribution in [0.4, 0.5) is 0 Å². The Hall–Kier alpha value is -2.61. The Kier molecular flexibility index (Phi) is 5.80. The molecule has 4 aromatic rings. The van der Waals surface area contributed by atoms with Crippen molar-refractivity contribution in [1.82, 2.24) is 25.0 Å². The third-order valence-corrected chi connectivity index (χ3v) is 6.65. The summed E-state index contributed by atoms with van der Waals surface area (Å²) in [4.78, 5) is 4.20. The second-order valence-electron chi connectivity index (χ2n) is 8.01. The third kappa shape index (κ3) is 3.96. The van der Waals surface area contributed by atoms with Crippen molar-refractivity contribution in [2.24, 2.45) is 0 Å². The third-order valence-electron chi connectivity index (χ3n) is 5.88. The van der Waals surface area contributed by atoms with Crippen LogP contribution < -0.4 is 4.74 Å². The van der Waals surface area contributed by atoms with E-state index in [-0.39, 0.29) is 6.10 Å². The van der Waals surface area contributed by atoms with Crippen molar-refractivity contribution in [2.75, 3.05) is 13.2 Å². The molecule has 3 aromatic heterocycles. The van der Waals surface area contributed by atoms with Gasteiger partial charge in [-0.1, -0.05) is 23.2 Å². The van der Waals surface area contributed by atoms with Crippen molar-refractivity contribution in [3.05, 3.63) is 58.1 Å². The van der Waals surface area contributed by atoms with E-state index in [0.717, 1.165) is 59.5 Å². The predicted molar refractivity (Wildman–Crippen MR) is 124 cm³/mol. The number of aromatic nitrogens is 5. The van der Waals surface area contributed by atoms with E-state index in [1.807, 2.05) is 42.9 Å². The summed E-state index contributed by atoms with van der Waals surface area (Å²) in [5, 5.41) is 14.2. The molecule has 0 amide bonds. The molecule has 4 heterocycles. The second-order valence-corrected chi connectivity index (χ2v) is 8.80. The summed E-state index contributed by atoms with van der Waals surface area (Å²) in [6.45, 7) is 5.31. The summed E-state index contributed by atoms with van der Waals surface area (Å²) in [6.07, 6.45) is 7.11. The average Bonchev–Trinajstić information content (AvgIpc) is 3.44. The van der Waals surface area contributed by atoms with E-state index in [2.05, 4.69) is 26.5 Å². The summed E-state index contributed by atoms with van der Waals surface area (Å²) in [6, 6.07) is 6.20. The van der Waals surface area contributed by atoms with E-state index in [0.29, 0.717) is 21.8 Å². The Morgan fingerprint density at radius 1 is 1.22 bits per heavy atom. The van der Waals surface area contributed by atoms with E-state index < -0.39 is 0 Å². The Bertz CT molecular complexity index is 1260. The van der Waals surface area contributed by atoms with Crippen LogP contribution in [0.15, 0.2) is 36.8 Å². The molecule has 1 aliphatic heterocycles. The highest BCUT2D eigenvalue weighted by Crippen LogP contribution is 2.36. The molecule has 1 atom stereocenters. The van der Waals surface area contributed by atoms with Crippen LogP contribution >= 0.6 is 23.2 Å². The number of rotatable bonds is 5. The highest BCUT2D eigenvalue weighted by atomic mass is 35.5. The summed E-state index contributed by atoms with van der Waals surface area (Å²) in [7, 11) is 0. The maximum Gasteiger partial charge on any atom is 0.124 e. The number of nitrogens with one attached hydrogen (secondary N) is 1. The summed E-state index contributed by atoms with van der Waals surface area (Å²) < 4.78 is 13.7. The number of aromatic amines is 1. The first kappa shape index (κ1) is 21.2. The minimum atomic E-state index is -0.347. The van der Waals surface area contributed by atoms with E-state index in [4.69, 9.17) is 32.7 Å². The van der Waals surface area contributed by atoms with Gasteiger partial charge in [-0.25, -0.2) is 0 Å². The molecule has 1 unspecified atom stereocenters. The largest absolute Gasteiger partial charge is 0.486 e. The molecule has 1 aliphatic rings. The molecule has 1 aromatic carbocycles. The van der Waals surface area contributed by atoms with Gasteiger partial charge >= 0.3 is 0 Å². The Balaban J connectivity index is 1.43. The second kappa shape index (κ2) is 8.73. The molecule has 166 valence electrons. The van der Waals surface area contributed by atoms with E-state index in [1.165, 1.54) is 0 Å². The van der Waals surface area contributed by atoms with Gasteiger partial charge in [0.25, 0.3) is 0 Å². The quantitative estimate of drug-likeness (QED) is 0.390. The number of hydrogen-bond acceptors (Lipinski definition) is 5. The van der Waals surface area contributed by atoms with Crippen LogP contribution in [0, 0.1) is 6.92 Å². The van der Waals surface area contributed by atoms with Gasteiger partial charge in [-0.15, -0.1) is 0 Å². The standard InChI is InChI=1S/C23H23Cl2N5O2/c1-13-22(25)21(19(24)11-26-13)14(2)32-17-3-4-20-18(9-17)23(29-28-20)15-10-27-30(12-15)16-5-7-31-8-6-16/h3-4,9-12,14,16H,5-8H2,1-2H3,(H,28,29). The normalized spacial score (nSPS) is 15.9. The molecule has 0 aliphatic carbocycles. The van der Waals surface area contributed by atoms with Gasteiger partial charge < -0.3 is 9.47 Å². The fourth-order valence-corrected chi connectivity index (χ4v) is 4.76. The first-order valence-corrected chi connectivity index (χ1v) is 11.3. The molecule has 32 heavy (non-hydrogen) atoms. The molecule has 1 saturated heterocycles. The monoisotopic (exact) mass is 471 g/mol. The lowest BCUT2D eigenvalue weighted by Crippen LogP contribution is -2.19. The average molecular weight is 472 g/mol. The van der Waals surface area contributed by atoms with Crippen molar-refractivity contribution < 1.29 is 9.47 Å². The molecule has 7 nitrogen and oxygen atoms in total. The number of nitrogens with zero attached hydrogens (tertiary/aromatic N) is 4. The summed E-state index contributed by atoms with van der Waals surface area (Å²) >= 11 is 12.8. The van der Waals surface area contributed by atoms with Gasteiger partial charge in [-0.05, 0) is 44.9 Å². The number of aryl methyl sites for hydroxylation is 1. The number of benzene rings is 1. The highest BCUT2D eigenvalue weighted by Gasteiger charge is 2.20. The van der Waals surface area contributed by atoms with E-state index in [9.17, 15) is 0 Å². The number of ether oxygens (including phenoxy) is 2. The highest BCUT2D eigenvalue weighted by molar-refractivity contribution is 6.36. The van der Waals surface area contributed by atoms with Gasteiger partial charge in [0, 0.05) is 42.1 Å². The predicted octanol–water partition coefficient (Wildman–Crippen LogP) is 5.93. The van der Waals surface area contributed by atoms with Gasteiger partial charge in [0.05, 0.1) is 33.5 Å². The van der Waals surface area contributed by atoms with Gasteiger partial charge in [-0.3, -0.25) is 14.8 Å². The van der Waals surface area contributed by atoms with Crippen molar-refractivity contribution in [2.45, 2.75) is 38.8 Å². The maximum atomic E-state index is 6.45. The van der Waals surface area contributed by atoms with Crippen LogP contribution in [0.5, 0.6) is 5.75 Å². The molecule has 9 heteroatoms. The number of hydrogen-bond donors (Lipinski definition) is 1. The van der Waals surface area contributed by atoms with Gasteiger partial charge in [0.2, 0.25) is 0 Å².